The molecule has 2 rings (SSSR count). The summed E-state index contributed by atoms with van der Waals surface area (Å²) in [7, 11) is 0. The third-order valence-electron chi connectivity index (χ3n) is 3.25. The second kappa shape index (κ2) is 4.52. The molecule has 2 atom stereocenters. The molecule has 1 aliphatic heterocycles. The van der Waals surface area contributed by atoms with E-state index in [0.29, 0.717) is 6.54 Å². The molecule has 1 saturated heterocycles. The fraction of sp³-hybridized carbons (Fsp3) is 0.357. The van der Waals surface area contributed by atoms with Gasteiger partial charge in [0, 0.05) is 6.54 Å². The Bertz CT molecular complexity index is 385. The first-order valence-corrected chi connectivity index (χ1v) is 5.75. The van der Waals surface area contributed by atoms with E-state index in [2.05, 4.69) is 13.5 Å². The molecule has 16 heavy (non-hydrogen) atoms. The maximum Gasteiger partial charge on any atom is 0.228 e. The summed E-state index contributed by atoms with van der Waals surface area (Å²) in [6, 6.07) is 10.3. The van der Waals surface area contributed by atoms with Crippen LogP contribution in [0.4, 0.5) is 0 Å². The molecule has 0 radical (unpaired) electrons. The van der Waals surface area contributed by atoms with Gasteiger partial charge in [-0.05, 0) is 12.0 Å². The largest absolute Gasteiger partial charge is 0.331 e. The number of likely N-dealkylation sites (tertiary alicyclic amines) is 1. The Morgan fingerprint density at radius 2 is 2.06 bits per heavy atom. The van der Waals surface area contributed by atoms with Crippen molar-refractivity contribution < 1.29 is 4.79 Å². The molecule has 0 saturated carbocycles. The summed E-state index contributed by atoms with van der Waals surface area (Å²) >= 11 is 0. The van der Waals surface area contributed by atoms with Gasteiger partial charge in [-0.3, -0.25) is 4.79 Å². The highest BCUT2D eigenvalue weighted by Crippen LogP contribution is 2.31. The lowest BCUT2D eigenvalue weighted by molar-refractivity contribution is -0.154. The Hall–Kier alpha value is -1.57. The molecule has 0 N–H and O–H groups in total. The predicted molar refractivity (Wildman–Crippen MR) is 64.8 cm³/mol. The van der Waals surface area contributed by atoms with Gasteiger partial charge in [0.15, 0.2) is 0 Å². The molecule has 0 aromatic heterocycles. The number of β-lactam (4-membered cyclic amide) rings is 1. The van der Waals surface area contributed by atoms with Crippen LogP contribution in [0.5, 0.6) is 0 Å². The van der Waals surface area contributed by atoms with Gasteiger partial charge in [0.05, 0.1) is 12.0 Å². The van der Waals surface area contributed by atoms with Crippen LogP contribution < -0.4 is 0 Å². The topological polar surface area (TPSA) is 20.3 Å². The molecule has 0 unspecified atom stereocenters. The lowest BCUT2D eigenvalue weighted by Gasteiger charge is -2.45. The Morgan fingerprint density at radius 1 is 1.38 bits per heavy atom. The minimum absolute atomic E-state index is 0.154. The highest BCUT2D eigenvalue weighted by atomic mass is 16.2. The van der Waals surface area contributed by atoms with Crippen LogP contribution in [0.2, 0.25) is 0 Å². The van der Waals surface area contributed by atoms with Crippen molar-refractivity contribution in [1.29, 1.82) is 0 Å². The van der Waals surface area contributed by atoms with Crippen LogP contribution in [0, 0.1) is 5.92 Å². The number of rotatable bonds is 4. The summed E-state index contributed by atoms with van der Waals surface area (Å²) in [4.78, 5) is 13.7. The van der Waals surface area contributed by atoms with Crippen LogP contribution in [0.1, 0.15) is 18.9 Å². The van der Waals surface area contributed by atoms with E-state index in [1.807, 2.05) is 41.3 Å². The van der Waals surface area contributed by atoms with E-state index in [9.17, 15) is 4.79 Å². The lowest BCUT2D eigenvalue weighted by atomic mass is 9.85. The van der Waals surface area contributed by atoms with Gasteiger partial charge < -0.3 is 4.90 Å². The monoisotopic (exact) mass is 215 g/mol. The Morgan fingerprint density at radius 3 is 2.62 bits per heavy atom. The molecule has 1 amide bonds. The van der Waals surface area contributed by atoms with Crippen LogP contribution in [0.25, 0.3) is 0 Å². The van der Waals surface area contributed by atoms with E-state index >= 15 is 0 Å². The summed E-state index contributed by atoms with van der Waals surface area (Å²) < 4.78 is 0. The smallest absolute Gasteiger partial charge is 0.228 e. The van der Waals surface area contributed by atoms with E-state index in [-0.39, 0.29) is 17.9 Å². The second-order valence-electron chi connectivity index (χ2n) is 4.19. The van der Waals surface area contributed by atoms with Crippen LogP contribution in [0.15, 0.2) is 43.0 Å². The van der Waals surface area contributed by atoms with Gasteiger partial charge in [0.2, 0.25) is 5.91 Å². The minimum Gasteiger partial charge on any atom is -0.331 e. The first-order chi connectivity index (χ1) is 7.77. The molecule has 1 aromatic rings. The van der Waals surface area contributed by atoms with E-state index in [4.69, 9.17) is 0 Å². The van der Waals surface area contributed by atoms with E-state index < -0.39 is 0 Å². The quantitative estimate of drug-likeness (QED) is 0.558. The minimum atomic E-state index is 0.154. The van der Waals surface area contributed by atoms with Gasteiger partial charge in [-0.15, -0.1) is 6.58 Å². The maximum atomic E-state index is 11.8. The van der Waals surface area contributed by atoms with E-state index in [0.717, 1.165) is 6.42 Å². The SMILES string of the molecule is C=C[C@@H]1[C@H](CC)C(=O)N1Cc1ccccc1. The van der Waals surface area contributed by atoms with Crippen molar-refractivity contribution in [3.8, 4) is 0 Å². The van der Waals surface area contributed by atoms with Gasteiger partial charge in [0.1, 0.15) is 0 Å². The van der Waals surface area contributed by atoms with Crippen LogP contribution in [-0.2, 0) is 11.3 Å². The zero-order chi connectivity index (χ0) is 11.5. The van der Waals surface area contributed by atoms with Crippen molar-refractivity contribution in [2.45, 2.75) is 25.9 Å². The molecular formula is C14H17NO. The molecule has 0 spiro atoms. The number of amides is 1. The Kier molecular flexibility index (Phi) is 3.09. The molecule has 84 valence electrons. The molecule has 0 aliphatic carbocycles. The molecule has 1 aliphatic rings. The molecule has 2 nitrogen and oxygen atoms in total. The molecule has 1 aromatic carbocycles. The van der Waals surface area contributed by atoms with Gasteiger partial charge >= 0.3 is 0 Å². The molecular weight excluding hydrogens is 198 g/mol. The van der Waals surface area contributed by atoms with E-state index in [1.54, 1.807) is 0 Å². The van der Waals surface area contributed by atoms with Gasteiger partial charge in [-0.25, -0.2) is 0 Å². The summed E-state index contributed by atoms with van der Waals surface area (Å²) in [5, 5.41) is 0. The number of hydrogen-bond donors (Lipinski definition) is 0. The van der Waals surface area contributed by atoms with Crippen molar-refractivity contribution in [3.05, 3.63) is 48.6 Å². The number of carbonyl (C=O) groups is 1. The van der Waals surface area contributed by atoms with E-state index in [1.165, 1.54) is 5.56 Å². The van der Waals surface area contributed by atoms with Crippen molar-refractivity contribution in [3.63, 3.8) is 0 Å². The second-order valence-corrected chi connectivity index (χ2v) is 4.19. The fourth-order valence-corrected chi connectivity index (χ4v) is 2.31. The number of benzene rings is 1. The zero-order valence-electron chi connectivity index (χ0n) is 9.60. The maximum absolute atomic E-state index is 11.8. The first kappa shape index (κ1) is 10.9. The third-order valence-corrected chi connectivity index (χ3v) is 3.25. The van der Waals surface area contributed by atoms with Crippen molar-refractivity contribution in [2.24, 2.45) is 5.92 Å². The molecule has 1 heterocycles. The Balaban J connectivity index is 2.06. The lowest BCUT2D eigenvalue weighted by Crippen LogP contribution is -2.58. The van der Waals surface area contributed by atoms with Crippen LogP contribution in [0.3, 0.4) is 0 Å². The highest BCUT2D eigenvalue weighted by molar-refractivity contribution is 5.86. The third kappa shape index (κ3) is 1.75. The van der Waals surface area contributed by atoms with Crippen molar-refractivity contribution in [2.75, 3.05) is 0 Å². The normalized spacial score (nSPS) is 24.1. The highest BCUT2D eigenvalue weighted by Gasteiger charge is 2.43. The summed E-state index contributed by atoms with van der Waals surface area (Å²) in [5.74, 6) is 0.414. The average Bonchev–Trinajstić information content (AvgIpc) is 2.33. The molecule has 1 fully saturated rings. The van der Waals surface area contributed by atoms with Crippen LogP contribution in [-0.4, -0.2) is 16.8 Å². The summed E-state index contributed by atoms with van der Waals surface area (Å²) in [5.41, 5.74) is 1.18. The summed E-state index contributed by atoms with van der Waals surface area (Å²) in [6.45, 7) is 6.57. The number of hydrogen-bond acceptors (Lipinski definition) is 1. The van der Waals surface area contributed by atoms with Gasteiger partial charge in [0.25, 0.3) is 0 Å². The number of carbonyl (C=O) groups excluding carboxylic acids is 1. The van der Waals surface area contributed by atoms with Crippen molar-refractivity contribution in [1.82, 2.24) is 4.90 Å². The van der Waals surface area contributed by atoms with Gasteiger partial charge in [-0.1, -0.05) is 43.3 Å². The van der Waals surface area contributed by atoms with Crippen LogP contribution >= 0.6 is 0 Å². The Labute approximate surface area is 96.6 Å². The van der Waals surface area contributed by atoms with Gasteiger partial charge in [-0.2, -0.15) is 0 Å². The first-order valence-electron chi connectivity index (χ1n) is 5.75. The predicted octanol–water partition coefficient (Wildman–Crippen LogP) is 2.61. The standard InChI is InChI=1S/C14H17NO/c1-3-12-13(4-2)15(14(12)16)10-11-8-6-5-7-9-11/h4-9,12-13H,2-3,10H2,1H3/t12-,13+/m0/s1. The number of nitrogens with zero attached hydrogens (tertiary/aromatic N) is 1. The fourth-order valence-electron chi connectivity index (χ4n) is 2.31. The molecule has 0 bridgehead atoms. The average molecular weight is 215 g/mol. The summed E-state index contributed by atoms with van der Waals surface area (Å²) in [6.07, 6.45) is 2.79. The zero-order valence-corrected chi connectivity index (χ0v) is 9.60. The molecule has 2 heteroatoms. The van der Waals surface area contributed by atoms with Crippen molar-refractivity contribution >= 4 is 5.91 Å².